The molecule has 158 valence electrons. The Morgan fingerprint density at radius 2 is 1.86 bits per heavy atom. The number of amides is 3. The number of ether oxygens (including phenoxy) is 1. The van der Waals surface area contributed by atoms with Crippen molar-refractivity contribution in [3.05, 3.63) is 35.4 Å². The molecule has 0 radical (unpaired) electrons. The van der Waals surface area contributed by atoms with E-state index in [1.165, 1.54) is 0 Å². The van der Waals surface area contributed by atoms with Crippen molar-refractivity contribution < 1.29 is 19.1 Å². The molecule has 0 spiro atoms. The highest BCUT2D eigenvalue weighted by Gasteiger charge is 2.46. The Labute approximate surface area is 172 Å². The molecule has 2 atom stereocenters. The number of carbonyl (C=O) groups is 3. The van der Waals surface area contributed by atoms with Gasteiger partial charge in [-0.1, -0.05) is 18.2 Å². The number of rotatable bonds is 4. The molecule has 0 aromatic heterocycles. The topological polar surface area (TPSA) is 102 Å². The number of nitrogens with two attached hydrogens (primary N) is 1. The molecular weight excluding hydrogens is 370 g/mol. The molecule has 2 aliphatic rings. The predicted molar refractivity (Wildman–Crippen MR) is 109 cm³/mol. The molecule has 3 amide bonds. The molecule has 1 aliphatic carbocycles. The SMILES string of the molecule is C[C@H]1C[C@@](NC(=O)c2ccccc2C2CC2)(C(N)=O)CCN1C(=O)OC(C)(C)C. The summed E-state index contributed by atoms with van der Waals surface area (Å²) in [6, 6.07) is 7.21. The normalized spacial score (nSPS) is 24.7. The second-order valence-corrected chi connectivity index (χ2v) is 9.24. The number of hydrogen-bond donors (Lipinski definition) is 2. The zero-order chi connectivity index (χ0) is 21.4. The molecule has 2 fully saturated rings. The lowest BCUT2D eigenvalue weighted by Crippen LogP contribution is -2.65. The van der Waals surface area contributed by atoms with E-state index in [1.807, 2.05) is 45.9 Å². The van der Waals surface area contributed by atoms with Crippen molar-refractivity contribution in [1.82, 2.24) is 10.2 Å². The third-order valence-corrected chi connectivity index (χ3v) is 5.63. The van der Waals surface area contributed by atoms with Crippen LogP contribution in [0.25, 0.3) is 0 Å². The van der Waals surface area contributed by atoms with Crippen molar-refractivity contribution >= 4 is 17.9 Å². The van der Waals surface area contributed by atoms with Crippen LogP contribution in [0.3, 0.4) is 0 Å². The summed E-state index contributed by atoms with van der Waals surface area (Å²) in [4.78, 5) is 39.5. The molecular formula is C22H31N3O4. The van der Waals surface area contributed by atoms with E-state index in [4.69, 9.17) is 10.5 Å². The van der Waals surface area contributed by atoms with Crippen molar-refractivity contribution in [3.63, 3.8) is 0 Å². The van der Waals surface area contributed by atoms with Gasteiger partial charge in [0.25, 0.3) is 5.91 Å². The first kappa shape index (κ1) is 21.1. The zero-order valence-electron chi connectivity index (χ0n) is 17.7. The van der Waals surface area contributed by atoms with Gasteiger partial charge in [-0.3, -0.25) is 9.59 Å². The number of piperidine rings is 1. The van der Waals surface area contributed by atoms with E-state index >= 15 is 0 Å². The van der Waals surface area contributed by atoms with E-state index in [1.54, 1.807) is 11.0 Å². The number of likely N-dealkylation sites (tertiary alicyclic amines) is 1. The molecule has 7 heteroatoms. The van der Waals surface area contributed by atoms with Gasteiger partial charge in [-0.05, 0) is 70.9 Å². The molecule has 7 nitrogen and oxygen atoms in total. The lowest BCUT2D eigenvalue weighted by molar-refractivity contribution is -0.126. The Hall–Kier alpha value is -2.57. The standard InChI is InChI=1S/C22H31N3O4/c1-14-13-22(19(23)27,11-12-25(14)20(28)29-21(2,3)4)24-18(26)17-8-6-5-7-16(17)15-9-10-15/h5-8,14-15H,9-13H2,1-4H3,(H2,23,27)(H,24,26)/t14-,22+/m0/s1. The van der Waals surface area contributed by atoms with Crippen LogP contribution in [0.4, 0.5) is 4.79 Å². The molecule has 1 aromatic rings. The van der Waals surface area contributed by atoms with Gasteiger partial charge < -0.3 is 20.7 Å². The maximum absolute atomic E-state index is 13.1. The minimum absolute atomic E-state index is 0.249. The van der Waals surface area contributed by atoms with Crippen molar-refractivity contribution in [2.24, 2.45) is 5.73 Å². The van der Waals surface area contributed by atoms with Gasteiger partial charge in [-0.15, -0.1) is 0 Å². The number of nitrogens with zero attached hydrogens (tertiary/aromatic N) is 1. The summed E-state index contributed by atoms with van der Waals surface area (Å²) < 4.78 is 5.46. The maximum atomic E-state index is 13.1. The molecule has 1 saturated carbocycles. The first-order valence-electron chi connectivity index (χ1n) is 10.2. The van der Waals surface area contributed by atoms with E-state index in [0.29, 0.717) is 11.5 Å². The first-order valence-corrected chi connectivity index (χ1v) is 10.2. The van der Waals surface area contributed by atoms with E-state index in [9.17, 15) is 14.4 Å². The van der Waals surface area contributed by atoms with E-state index in [0.717, 1.165) is 18.4 Å². The fourth-order valence-electron chi connectivity index (χ4n) is 3.98. The monoisotopic (exact) mass is 401 g/mol. The van der Waals surface area contributed by atoms with E-state index in [2.05, 4.69) is 5.32 Å². The summed E-state index contributed by atoms with van der Waals surface area (Å²) in [7, 11) is 0. The van der Waals surface area contributed by atoms with Crippen molar-refractivity contribution in [3.8, 4) is 0 Å². The summed E-state index contributed by atoms with van der Waals surface area (Å²) in [6.45, 7) is 7.55. The Balaban J connectivity index is 1.76. The lowest BCUT2D eigenvalue weighted by Gasteiger charge is -2.44. The number of nitrogens with one attached hydrogen (secondary N) is 1. The van der Waals surface area contributed by atoms with Gasteiger partial charge in [0.1, 0.15) is 11.1 Å². The molecule has 1 heterocycles. The van der Waals surface area contributed by atoms with Crippen LogP contribution in [0.1, 0.15) is 75.2 Å². The van der Waals surface area contributed by atoms with Crippen molar-refractivity contribution in [2.75, 3.05) is 6.54 Å². The van der Waals surface area contributed by atoms with Crippen LogP contribution in [-0.2, 0) is 9.53 Å². The molecule has 3 N–H and O–H groups in total. The molecule has 1 aliphatic heterocycles. The maximum Gasteiger partial charge on any atom is 0.410 e. The molecule has 3 rings (SSSR count). The molecule has 1 aromatic carbocycles. The largest absolute Gasteiger partial charge is 0.444 e. The van der Waals surface area contributed by atoms with Crippen molar-refractivity contribution in [1.29, 1.82) is 0 Å². The van der Waals surface area contributed by atoms with Crippen LogP contribution in [-0.4, -0.2) is 46.5 Å². The van der Waals surface area contributed by atoms with E-state index in [-0.39, 0.29) is 31.3 Å². The Bertz CT molecular complexity index is 813. The van der Waals surface area contributed by atoms with Crippen LogP contribution in [0.2, 0.25) is 0 Å². The Morgan fingerprint density at radius 3 is 2.41 bits per heavy atom. The highest BCUT2D eigenvalue weighted by molar-refractivity contribution is 6.00. The summed E-state index contributed by atoms with van der Waals surface area (Å²) in [5, 5.41) is 2.92. The lowest BCUT2D eigenvalue weighted by atomic mass is 9.82. The minimum Gasteiger partial charge on any atom is -0.444 e. The van der Waals surface area contributed by atoms with Crippen LogP contribution in [0, 0.1) is 0 Å². The average molecular weight is 402 g/mol. The molecule has 0 unspecified atom stereocenters. The summed E-state index contributed by atoms with van der Waals surface area (Å²) >= 11 is 0. The predicted octanol–water partition coefficient (Wildman–Crippen LogP) is 2.94. The molecule has 1 saturated heterocycles. The Kier molecular flexibility index (Phi) is 5.61. The fourth-order valence-corrected chi connectivity index (χ4v) is 3.98. The summed E-state index contributed by atoms with van der Waals surface area (Å²) in [6.07, 6.45) is 2.23. The van der Waals surface area contributed by atoms with Crippen LogP contribution in [0.5, 0.6) is 0 Å². The van der Waals surface area contributed by atoms with Gasteiger partial charge >= 0.3 is 6.09 Å². The van der Waals surface area contributed by atoms with Crippen LogP contribution in [0.15, 0.2) is 24.3 Å². The molecule has 29 heavy (non-hydrogen) atoms. The number of carbonyl (C=O) groups excluding carboxylic acids is 3. The van der Waals surface area contributed by atoms with Gasteiger partial charge in [0.15, 0.2) is 0 Å². The minimum atomic E-state index is -1.19. The second-order valence-electron chi connectivity index (χ2n) is 9.24. The first-order chi connectivity index (χ1) is 13.5. The number of hydrogen-bond acceptors (Lipinski definition) is 4. The van der Waals surface area contributed by atoms with Gasteiger partial charge in [0, 0.05) is 18.2 Å². The average Bonchev–Trinajstić information content (AvgIpc) is 3.45. The smallest absolute Gasteiger partial charge is 0.410 e. The number of benzene rings is 1. The number of primary amides is 1. The quantitative estimate of drug-likeness (QED) is 0.810. The van der Waals surface area contributed by atoms with E-state index < -0.39 is 23.1 Å². The van der Waals surface area contributed by atoms with Gasteiger partial charge in [0.2, 0.25) is 5.91 Å². The zero-order valence-corrected chi connectivity index (χ0v) is 17.7. The Morgan fingerprint density at radius 1 is 1.21 bits per heavy atom. The van der Waals surface area contributed by atoms with Crippen LogP contribution >= 0.6 is 0 Å². The highest BCUT2D eigenvalue weighted by Crippen LogP contribution is 2.41. The van der Waals surface area contributed by atoms with Crippen molar-refractivity contribution in [2.45, 2.75) is 76.5 Å². The van der Waals surface area contributed by atoms with Gasteiger partial charge in [-0.25, -0.2) is 4.79 Å². The second kappa shape index (κ2) is 7.69. The van der Waals surface area contributed by atoms with Gasteiger partial charge in [-0.2, -0.15) is 0 Å². The summed E-state index contributed by atoms with van der Waals surface area (Å²) in [5.41, 5.74) is 5.56. The highest BCUT2D eigenvalue weighted by atomic mass is 16.6. The third-order valence-electron chi connectivity index (χ3n) is 5.63. The molecule has 0 bridgehead atoms. The fraction of sp³-hybridized carbons (Fsp3) is 0.591. The third kappa shape index (κ3) is 4.71. The summed E-state index contributed by atoms with van der Waals surface area (Å²) in [5.74, 6) is -0.455. The van der Waals surface area contributed by atoms with Crippen LogP contribution < -0.4 is 11.1 Å². The van der Waals surface area contributed by atoms with Gasteiger partial charge in [0.05, 0.1) is 0 Å².